The number of nitrogens with two attached hydrogens (primary N) is 1. The maximum absolute atomic E-state index is 6.13. The fourth-order valence-corrected chi connectivity index (χ4v) is 1.91. The van der Waals surface area contributed by atoms with Crippen molar-refractivity contribution in [2.24, 2.45) is 0 Å². The zero-order valence-electron chi connectivity index (χ0n) is 9.25. The minimum atomic E-state index is 0. The van der Waals surface area contributed by atoms with Crippen LogP contribution < -0.4 is 5.73 Å². The second-order valence-electron chi connectivity index (χ2n) is 3.65. The number of pyridine rings is 1. The Hall–Kier alpha value is -0.990. The number of aryl methyl sites for hydroxylation is 2. The molecule has 0 radical (unpaired) electrons. The van der Waals surface area contributed by atoms with E-state index in [0.717, 1.165) is 33.5 Å². The molecule has 2 rings (SSSR count). The molecule has 0 saturated heterocycles. The SMILES string of the molecule is CCc1cc2c(Cl)ccc(C)c2nc1N.Cl. The molecule has 2 N–H and O–H groups in total. The highest BCUT2D eigenvalue weighted by Crippen LogP contribution is 2.27. The first-order valence-corrected chi connectivity index (χ1v) is 5.35. The smallest absolute Gasteiger partial charge is 0.127 e. The van der Waals surface area contributed by atoms with E-state index in [1.165, 1.54) is 0 Å². The van der Waals surface area contributed by atoms with Crippen LogP contribution in [0.25, 0.3) is 10.9 Å². The largest absolute Gasteiger partial charge is 0.383 e. The summed E-state index contributed by atoms with van der Waals surface area (Å²) in [6.07, 6.45) is 0.874. The van der Waals surface area contributed by atoms with E-state index in [1.54, 1.807) is 0 Å². The van der Waals surface area contributed by atoms with Crippen LogP contribution >= 0.6 is 24.0 Å². The van der Waals surface area contributed by atoms with Gasteiger partial charge < -0.3 is 5.73 Å². The summed E-state index contributed by atoms with van der Waals surface area (Å²) >= 11 is 6.13. The van der Waals surface area contributed by atoms with E-state index in [9.17, 15) is 0 Å². The number of aromatic nitrogens is 1. The van der Waals surface area contributed by atoms with Crippen LogP contribution in [0.2, 0.25) is 5.02 Å². The molecular formula is C12H14Cl2N2. The van der Waals surface area contributed by atoms with Crippen LogP contribution in [0, 0.1) is 6.92 Å². The predicted molar refractivity (Wildman–Crippen MR) is 72.5 cm³/mol. The van der Waals surface area contributed by atoms with Crippen LogP contribution in [-0.4, -0.2) is 4.98 Å². The molecule has 0 amide bonds. The van der Waals surface area contributed by atoms with E-state index in [-0.39, 0.29) is 12.4 Å². The quantitative estimate of drug-likeness (QED) is 0.844. The first-order valence-electron chi connectivity index (χ1n) is 4.97. The zero-order valence-corrected chi connectivity index (χ0v) is 10.8. The Bertz CT molecular complexity index is 524. The molecule has 0 unspecified atom stereocenters. The molecule has 4 heteroatoms. The van der Waals surface area contributed by atoms with Crippen molar-refractivity contribution in [3.63, 3.8) is 0 Å². The molecule has 86 valence electrons. The summed E-state index contributed by atoms with van der Waals surface area (Å²) in [6.45, 7) is 4.07. The van der Waals surface area contributed by atoms with Crippen LogP contribution in [-0.2, 0) is 6.42 Å². The molecule has 16 heavy (non-hydrogen) atoms. The second kappa shape index (κ2) is 4.89. The Morgan fingerprint density at radius 1 is 1.38 bits per heavy atom. The number of rotatable bonds is 1. The van der Waals surface area contributed by atoms with Crippen LogP contribution in [0.1, 0.15) is 18.1 Å². The van der Waals surface area contributed by atoms with Crippen molar-refractivity contribution in [2.45, 2.75) is 20.3 Å². The monoisotopic (exact) mass is 256 g/mol. The summed E-state index contributed by atoms with van der Waals surface area (Å²) in [7, 11) is 0. The standard InChI is InChI=1S/C12H13ClN2.ClH/c1-3-8-6-9-10(13)5-4-7(2)11(9)15-12(8)14;/h4-6H,3H2,1-2H3,(H2,14,15);1H. The van der Waals surface area contributed by atoms with Gasteiger partial charge in [-0.05, 0) is 36.6 Å². The lowest BCUT2D eigenvalue weighted by molar-refractivity contribution is 1.13. The van der Waals surface area contributed by atoms with Gasteiger partial charge in [0.1, 0.15) is 5.82 Å². The summed E-state index contributed by atoms with van der Waals surface area (Å²) in [5.74, 6) is 0.607. The van der Waals surface area contributed by atoms with E-state index in [0.29, 0.717) is 5.82 Å². The molecule has 2 aromatic rings. The van der Waals surface area contributed by atoms with Gasteiger partial charge in [0.25, 0.3) is 0 Å². The Labute approximate surface area is 106 Å². The van der Waals surface area contributed by atoms with Gasteiger partial charge in [0.15, 0.2) is 0 Å². The van der Waals surface area contributed by atoms with Crippen molar-refractivity contribution in [3.8, 4) is 0 Å². The van der Waals surface area contributed by atoms with Crippen molar-refractivity contribution in [1.29, 1.82) is 0 Å². The minimum Gasteiger partial charge on any atom is -0.383 e. The van der Waals surface area contributed by atoms with Gasteiger partial charge in [-0.15, -0.1) is 12.4 Å². The van der Waals surface area contributed by atoms with Gasteiger partial charge in [-0.2, -0.15) is 0 Å². The fraction of sp³-hybridized carbons (Fsp3) is 0.250. The van der Waals surface area contributed by atoms with Crippen LogP contribution in [0.15, 0.2) is 18.2 Å². The molecule has 0 aliphatic heterocycles. The molecule has 1 aromatic carbocycles. The number of anilines is 1. The zero-order chi connectivity index (χ0) is 11.0. The van der Waals surface area contributed by atoms with E-state index in [2.05, 4.69) is 11.9 Å². The molecule has 0 saturated carbocycles. The van der Waals surface area contributed by atoms with Gasteiger partial charge in [0.2, 0.25) is 0 Å². The molecule has 0 atom stereocenters. The summed E-state index contributed by atoms with van der Waals surface area (Å²) in [4.78, 5) is 4.40. The molecule has 0 aliphatic carbocycles. The number of halogens is 2. The number of benzene rings is 1. The van der Waals surface area contributed by atoms with Crippen molar-refractivity contribution >= 4 is 40.7 Å². The highest BCUT2D eigenvalue weighted by Gasteiger charge is 2.07. The molecular weight excluding hydrogens is 243 g/mol. The number of hydrogen-bond donors (Lipinski definition) is 1. The number of hydrogen-bond acceptors (Lipinski definition) is 2. The fourth-order valence-electron chi connectivity index (χ4n) is 1.70. The normalized spacial score (nSPS) is 10.2. The Morgan fingerprint density at radius 3 is 2.69 bits per heavy atom. The summed E-state index contributed by atoms with van der Waals surface area (Å²) < 4.78 is 0. The minimum absolute atomic E-state index is 0. The average molecular weight is 257 g/mol. The second-order valence-corrected chi connectivity index (χ2v) is 4.05. The molecule has 0 spiro atoms. The lowest BCUT2D eigenvalue weighted by atomic mass is 10.1. The lowest BCUT2D eigenvalue weighted by Gasteiger charge is -2.08. The number of fused-ring (bicyclic) bond motifs is 1. The first-order chi connectivity index (χ1) is 7.13. The topological polar surface area (TPSA) is 38.9 Å². The van der Waals surface area contributed by atoms with Crippen molar-refractivity contribution in [1.82, 2.24) is 4.98 Å². The number of nitrogen functional groups attached to an aromatic ring is 1. The summed E-state index contributed by atoms with van der Waals surface area (Å²) in [5.41, 5.74) is 8.91. The summed E-state index contributed by atoms with van der Waals surface area (Å²) in [6, 6.07) is 5.90. The van der Waals surface area contributed by atoms with E-state index >= 15 is 0 Å². The molecule has 1 aromatic heterocycles. The molecule has 1 heterocycles. The van der Waals surface area contributed by atoms with Crippen LogP contribution in [0.3, 0.4) is 0 Å². The third-order valence-corrected chi connectivity index (χ3v) is 2.96. The maximum atomic E-state index is 6.13. The Balaban J connectivity index is 0.00000128. The molecule has 0 fully saturated rings. The third-order valence-electron chi connectivity index (χ3n) is 2.63. The molecule has 0 aliphatic rings. The third kappa shape index (κ3) is 2.08. The van der Waals surface area contributed by atoms with Crippen molar-refractivity contribution in [3.05, 3.63) is 34.3 Å². The van der Waals surface area contributed by atoms with Gasteiger partial charge in [-0.25, -0.2) is 4.98 Å². The van der Waals surface area contributed by atoms with Crippen LogP contribution in [0.5, 0.6) is 0 Å². The van der Waals surface area contributed by atoms with E-state index in [1.807, 2.05) is 25.1 Å². The van der Waals surface area contributed by atoms with Gasteiger partial charge in [-0.1, -0.05) is 24.6 Å². The Morgan fingerprint density at radius 2 is 2.06 bits per heavy atom. The van der Waals surface area contributed by atoms with Gasteiger partial charge >= 0.3 is 0 Å². The van der Waals surface area contributed by atoms with Crippen molar-refractivity contribution in [2.75, 3.05) is 5.73 Å². The summed E-state index contributed by atoms with van der Waals surface area (Å²) in [5, 5.41) is 1.72. The molecule has 2 nitrogen and oxygen atoms in total. The highest BCUT2D eigenvalue weighted by atomic mass is 35.5. The van der Waals surface area contributed by atoms with Crippen LogP contribution in [0.4, 0.5) is 5.82 Å². The predicted octanol–water partition coefficient (Wildman–Crippen LogP) is 3.76. The highest BCUT2D eigenvalue weighted by molar-refractivity contribution is 6.35. The molecule has 0 bridgehead atoms. The van der Waals surface area contributed by atoms with Gasteiger partial charge in [0.05, 0.1) is 5.52 Å². The van der Waals surface area contributed by atoms with Gasteiger partial charge in [0, 0.05) is 10.4 Å². The number of nitrogens with zero attached hydrogens (tertiary/aromatic N) is 1. The Kier molecular flexibility index (Phi) is 4.00. The average Bonchev–Trinajstić information content (AvgIpc) is 2.23. The first kappa shape index (κ1) is 13.1. The van der Waals surface area contributed by atoms with E-state index in [4.69, 9.17) is 17.3 Å². The lowest BCUT2D eigenvalue weighted by Crippen LogP contribution is -1.98. The van der Waals surface area contributed by atoms with Gasteiger partial charge in [-0.3, -0.25) is 0 Å². The van der Waals surface area contributed by atoms with Crippen molar-refractivity contribution < 1.29 is 0 Å². The van der Waals surface area contributed by atoms with E-state index < -0.39 is 0 Å². The maximum Gasteiger partial charge on any atom is 0.127 e.